The van der Waals surface area contributed by atoms with E-state index in [-0.39, 0.29) is 0 Å². The first-order valence-corrected chi connectivity index (χ1v) is 8.48. The van der Waals surface area contributed by atoms with Gasteiger partial charge in [0.2, 0.25) is 0 Å². The molecular formula is C17H34N2. The molecule has 2 heteroatoms. The molecule has 1 aliphatic heterocycles. The van der Waals surface area contributed by atoms with Crippen LogP contribution in [0.4, 0.5) is 0 Å². The number of likely N-dealkylation sites (tertiary alicyclic amines) is 1. The standard InChI is InChI=1S/C17H34N2/c1-5-19-12-6-7-16(19)13-18-15-10-8-14(9-11-15)17(2,3)4/h14-16,18H,5-13H2,1-4H3. The van der Waals surface area contributed by atoms with E-state index in [0.29, 0.717) is 5.41 Å². The van der Waals surface area contributed by atoms with E-state index in [2.05, 4.69) is 37.9 Å². The number of rotatable bonds is 4. The first-order chi connectivity index (χ1) is 9.00. The van der Waals surface area contributed by atoms with Crippen molar-refractivity contribution in [2.24, 2.45) is 11.3 Å². The van der Waals surface area contributed by atoms with Crippen molar-refractivity contribution in [1.29, 1.82) is 0 Å². The molecule has 1 atom stereocenters. The van der Waals surface area contributed by atoms with Crippen molar-refractivity contribution in [3.63, 3.8) is 0 Å². The lowest BCUT2D eigenvalue weighted by atomic mass is 9.71. The summed E-state index contributed by atoms with van der Waals surface area (Å²) < 4.78 is 0. The van der Waals surface area contributed by atoms with Crippen LogP contribution in [0, 0.1) is 11.3 Å². The summed E-state index contributed by atoms with van der Waals surface area (Å²) in [7, 11) is 0. The summed E-state index contributed by atoms with van der Waals surface area (Å²) >= 11 is 0. The van der Waals surface area contributed by atoms with E-state index in [0.717, 1.165) is 18.0 Å². The minimum atomic E-state index is 0.509. The molecule has 0 aromatic carbocycles. The lowest BCUT2D eigenvalue weighted by molar-refractivity contribution is 0.155. The van der Waals surface area contributed by atoms with Crippen LogP contribution in [0.2, 0.25) is 0 Å². The quantitative estimate of drug-likeness (QED) is 0.835. The molecule has 112 valence electrons. The maximum absolute atomic E-state index is 3.86. The third-order valence-corrected chi connectivity index (χ3v) is 5.50. The molecule has 2 rings (SSSR count). The molecule has 1 N–H and O–H groups in total. The zero-order valence-corrected chi connectivity index (χ0v) is 13.5. The van der Waals surface area contributed by atoms with Gasteiger partial charge in [-0.05, 0) is 62.9 Å². The third-order valence-electron chi connectivity index (χ3n) is 5.50. The Morgan fingerprint density at radius 2 is 1.74 bits per heavy atom. The van der Waals surface area contributed by atoms with E-state index in [1.165, 1.54) is 58.2 Å². The molecule has 2 fully saturated rings. The Balaban J connectivity index is 1.68. The molecule has 1 unspecified atom stereocenters. The smallest absolute Gasteiger partial charge is 0.0221 e. The minimum Gasteiger partial charge on any atom is -0.312 e. The Morgan fingerprint density at radius 3 is 2.32 bits per heavy atom. The SMILES string of the molecule is CCN1CCCC1CNC1CCC(C(C)(C)C)CC1. The van der Waals surface area contributed by atoms with Gasteiger partial charge in [0.1, 0.15) is 0 Å². The fourth-order valence-electron chi connectivity index (χ4n) is 4.01. The van der Waals surface area contributed by atoms with Crippen molar-refractivity contribution in [3.8, 4) is 0 Å². The van der Waals surface area contributed by atoms with Crippen LogP contribution in [0.3, 0.4) is 0 Å². The Morgan fingerprint density at radius 1 is 1.05 bits per heavy atom. The zero-order valence-electron chi connectivity index (χ0n) is 13.5. The van der Waals surface area contributed by atoms with E-state index in [1.54, 1.807) is 0 Å². The Kier molecular flexibility index (Phi) is 5.30. The van der Waals surface area contributed by atoms with E-state index < -0.39 is 0 Å². The molecule has 1 heterocycles. The average Bonchev–Trinajstić information content (AvgIpc) is 2.83. The summed E-state index contributed by atoms with van der Waals surface area (Å²) in [5.74, 6) is 0.934. The highest BCUT2D eigenvalue weighted by atomic mass is 15.2. The van der Waals surface area contributed by atoms with Crippen molar-refractivity contribution in [2.75, 3.05) is 19.6 Å². The molecule has 2 nitrogen and oxygen atoms in total. The summed E-state index contributed by atoms with van der Waals surface area (Å²) in [6, 6.07) is 1.60. The first kappa shape index (κ1) is 15.3. The maximum Gasteiger partial charge on any atom is 0.0221 e. The van der Waals surface area contributed by atoms with Crippen LogP contribution in [0.1, 0.15) is 66.2 Å². The van der Waals surface area contributed by atoms with Gasteiger partial charge < -0.3 is 5.32 Å². The first-order valence-electron chi connectivity index (χ1n) is 8.48. The molecule has 19 heavy (non-hydrogen) atoms. The zero-order chi connectivity index (χ0) is 13.9. The number of nitrogens with zero attached hydrogens (tertiary/aromatic N) is 1. The van der Waals surface area contributed by atoms with Crippen LogP contribution >= 0.6 is 0 Å². The number of likely N-dealkylation sites (N-methyl/N-ethyl adjacent to an activating group) is 1. The molecule has 0 aromatic heterocycles. The van der Waals surface area contributed by atoms with Gasteiger partial charge in [-0.2, -0.15) is 0 Å². The average molecular weight is 266 g/mol. The second-order valence-corrected chi connectivity index (χ2v) is 7.75. The monoisotopic (exact) mass is 266 g/mol. The topological polar surface area (TPSA) is 15.3 Å². The summed E-state index contributed by atoms with van der Waals surface area (Å²) in [6.45, 7) is 13.3. The van der Waals surface area contributed by atoms with E-state index in [1.807, 2.05) is 0 Å². The molecule has 0 aromatic rings. The molecule has 0 spiro atoms. The van der Waals surface area contributed by atoms with E-state index in [9.17, 15) is 0 Å². The van der Waals surface area contributed by atoms with Crippen molar-refractivity contribution >= 4 is 0 Å². The Hall–Kier alpha value is -0.0800. The molecule has 1 aliphatic carbocycles. The highest BCUT2D eigenvalue weighted by molar-refractivity contribution is 4.86. The summed E-state index contributed by atoms with van der Waals surface area (Å²) in [6.07, 6.45) is 8.42. The van der Waals surface area contributed by atoms with Crippen molar-refractivity contribution in [1.82, 2.24) is 10.2 Å². The fraction of sp³-hybridized carbons (Fsp3) is 1.00. The van der Waals surface area contributed by atoms with Crippen LogP contribution in [0.15, 0.2) is 0 Å². The van der Waals surface area contributed by atoms with Crippen LogP contribution in [0.5, 0.6) is 0 Å². The molecule has 0 bridgehead atoms. The van der Waals surface area contributed by atoms with Gasteiger partial charge in [0, 0.05) is 18.6 Å². The van der Waals surface area contributed by atoms with Crippen molar-refractivity contribution in [3.05, 3.63) is 0 Å². The molecule has 2 aliphatic rings. The van der Waals surface area contributed by atoms with Crippen LogP contribution in [-0.2, 0) is 0 Å². The Bertz CT molecular complexity index is 261. The highest BCUT2D eigenvalue weighted by Crippen LogP contribution is 2.37. The molecule has 1 saturated carbocycles. The lowest BCUT2D eigenvalue weighted by Crippen LogP contribution is -2.43. The second-order valence-electron chi connectivity index (χ2n) is 7.75. The number of hydrogen-bond donors (Lipinski definition) is 1. The van der Waals surface area contributed by atoms with Gasteiger partial charge in [-0.1, -0.05) is 27.7 Å². The largest absolute Gasteiger partial charge is 0.312 e. The van der Waals surface area contributed by atoms with Gasteiger partial charge in [0.05, 0.1) is 0 Å². The summed E-state index contributed by atoms with van der Waals surface area (Å²) in [5, 5.41) is 3.86. The van der Waals surface area contributed by atoms with Gasteiger partial charge >= 0.3 is 0 Å². The van der Waals surface area contributed by atoms with E-state index in [4.69, 9.17) is 0 Å². The second kappa shape index (κ2) is 6.58. The molecular weight excluding hydrogens is 232 g/mol. The van der Waals surface area contributed by atoms with Gasteiger partial charge in [-0.15, -0.1) is 0 Å². The Labute approximate surface area is 120 Å². The minimum absolute atomic E-state index is 0.509. The summed E-state index contributed by atoms with van der Waals surface area (Å²) in [5.41, 5.74) is 0.509. The lowest BCUT2D eigenvalue weighted by Gasteiger charge is -2.37. The predicted octanol–water partition coefficient (Wildman–Crippen LogP) is 3.67. The van der Waals surface area contributed by atoms with Crippen LogP contribution in [-0.4, -0.2) is 36.6 Å². The molecule has 0 radical (unpaired) electrons. The fourth-order valence-corrected chi connectivity index (χ4v) is 4.01. The van der Waals surface area contributed by atoms with Gasteiger partial charge in [-0.25, -0.2) is 0 Å². The van der Waals surface area contributed by atoms with Crippen molar-refractivity contribution in [2.45, 2.75) is 78.3 Å². The maximum atomic E-state index is 3.86. The number of hydrogen-bond acceptors (Lipinski definition) is 2. The van der Waals surface area contributed by atoms with Gasteiger partial charge in [-0.3, -0.25) is 4.90 Å². The normalized spacial score (nSPS) is 33.8. The summed E-state index contributed by atoms with van der Waals surface area (Å²) in [4.78, 5) is 2.65. The van der Waals surface area contributed by atoms with E-state index >= 15 is 0 Å². The van der Waals surface area contributed by atoms with Crippen LogP contribution < -0.4 is 5.32 Å². The van der Waals surface area contributed by atoms with Gasteiger partial charge in [0.15, 0.2) is 0 Å². The van der Waals surface area contributed by atoms with Crippen LogP contribution in [0.25, 0.3) is 0 Å². The predicted molar refractivity (Wildman–Crippen MR) is 83.5 cm³/mol. The van der Waals surface area contributed by atoms with Crippen molar-refractivity contribution < 1.29 is 0 Å². The highest BCUT2D eigenvalue weighted by Gasteiger charge is 2.30. The van der Waals surface area contributed by atoms with Gasteiger partial charge in [0.25, 0.3) is 0 Å². The third kappa shape index (κ3) is 4.19. The molecule has 0 amide bonds. The molecule has 1 saturated heterocycles. The number of nitrogens with one attached hydrogen (secondary N) is 1.